The van der Waals surface area contributed by atoms with Gasteiger partial charge in [0.05, 0.1) is 6.54 Å². The zero-order valence-electron chi connectivity index (χ0n) is 14.8. The van der Waals surface area contributed by atoms with Crippen molar-refractivity contribution < 1.29 is 18.7 Å². The summed E-state index contributed by atoms with van der Waals surface area (Å²) in [6.07, 6.45) is -0.295. The number of aryl methyl sites for hydroxylation is 2. The molecule has 0 aliphatic heterocycles. The van der Waals surface area contributed by atoms with E-state index in [0.717, 1.165) is 16.9 Å². The fourth-order valence-electron chi connectivity index (χ4n) is 2.49. The van der Waals surface area contributed by atoms with Crippen molar-refractivity contribution >= 4 is 5.91 Å². The van der Waals surface area contributed by atoms with Crippen LogP contribution in [0.1, 0.15) is 24.5 Å². The quantitative estimate of drug-likeness (QED) is 0.741. The molecule has 0 bridgehead atoms. The number of benzene rings is 2. The van der Waals surface area contributed by atoms with Crippen molar-refractivity contribution in [2.24, 2.45) is 0 Å². The van der Waals surface area contributed by atoms with E-state index in [1.165, 1.54) is 12.1 Å². The number of hydrogen-bond acceptors (Lipinski definition) is 3. The first-order valence-corrected chi connectivity index (χ1v) is 8.39. The summed E-state index contributed by atoms with van der Waals surface area (Å²) in [4.78, 5) is 12.2. The Hall–Kier alpha value is -2.56. The van der Waals surface area contributed by atoms with E-state index in [1.807, 2.05) is 32.9 Å². The van der Waals surface area contributed by atoms with Crippen molar-refractivity contribution in [2.45, 2.75) is 33.3 Å². The van der Waals surface area contributed by atoms with Gasteiger partial charge in [-0.25, -0.2) is 4.39 Å². The third kappa shape index (κ3) is 5.78. The van der Waals surface area contributed by atoms with Crippen molar-refractivity contribution in [3.63, 3.8) is 0 Å². The molecule has 1 amide bonds. The lowest BCUT2D eigenvalue weighted by atomic mass is 10.1. The summed E-state index contributed by atoms with van der Waals surface area (Å²) in [5.74, 6) is 0.0964. The Labute approximate surface area is 148 Å². The zero-order valence-corrected chi connectivity index (χ0v) is 14.8. The van der Waals surface area contributed by atoms with E-state index >= 15 is 0 Å². The van der Waals surface area contributed by atoms with E-state index in [4.69, 9.17) is 9.47 Å². The molecule has 0 aromatic heterocycles. The van der Waals surface area contributed by atoms with Gasteiger partial charge in [0.1, 0.15) is 12.4 Å². The second kappa shape index (κ2) is 9.06. The Morgan fingerprint density at radius 2 is 1.84 bits per heavy atom. The molecule has 0 fully saturated rings. The molecule has 0 saturated heterocycles. The summed E-state index contributed by atoms with van der Waals surface area (Å²) >= 11 is 0. The summed E-state index contributed by atoms with van der Waals surface area (Å²) in [6, 6.07) is 12.0. The van der Waals surface area contributed by atoms with Crippen LogP contribution in [0, 0.1) is 19.7 Å². The average molecular weight is 345 g/mol. The average Bonchev–Trinajstić information content (AvgIpc) is 2.57. The molecule has 4 nitrogen and oxygen atoms in total. The van der Waals surface area contributed by atoms with Gasteiger partial charge in [-0.15, -0.1) is 0 Å². The summed E-state index contributed by atoms with van der Waals surface area (Å²) in [5, 5.41) is 2.76. The molecule has 1 N–H and O–H groups in total. The highest BCUT2D eigenvalue weighted by atomic mass is 19.1. The van der Waals surface area contributed by atoms with E-state index in [0.29, 0.717) is 19.6 Å². The van der Waals surface area contributed by atoms with Gasteiger partial charge >= 0.3 is 0 Å². The number of amides is 1. The lowest BCUT2D eigenvalue weighted by molar-refractivity contribution is -0.128. The number of carbonyl (C=O) groups is 1. The molecule has 0 aliphatic rings. The van der Waals surface area contributed by atoms with Gasteiger partial charge in [-0.05, 0) is 55.7 Å². The first-order chi connectivity index (χ1) is 12.0. The summed E-state index contributed by atoms with van der Waals surface area (Å²) in [6.45, 7) is 6.53. The number of para-hydroxylation sites is 1. The van der Waals surface area contributed by atoms with Gasteiger partial charge in [0, 0.05) is 0 Å². The van der Waals surface area contributed by atoms with Crippen molar-refractivity contribution in [1.29, 1.82) is 0 Å². The number of nitrogens with one attached hydrogen (secondary N) is 1. The Kier molecular flexibility index (Phi) is 6.81. The largest absolute Gasteiger partial charge is 0.492 e. The highest BCUT2D eigenvalue weighted by Gasteiger charge is 2.19. The fourth-order valence-corrected chi connectivity index (χ4v) is 2.49. The van der Waals surface area contributed by atoms with Crippen LogP contribution < -0.4 is 14.8 Å². The standard InChI is InChI=1S/C20H24FNO3/c1-4-18(25-19-8-6-5-7-17(19)21)20(23)22-9-10-24-16-12-14(2)11-15(3)13-16/h5-8,11-13,18H,4,9-10H2,1-3H3,(H,22,23)/t18-/m0/s1. The minimum atomic E-state index is -0.738. The highest BCUT2D eigenvalue weighted by molar-refractivity contribution is 5.81. The predicted molar refractivity (Wildman–Crippen MR) is 95.5 cm³/mol. The van der Waals surface area contributed by atoms with Gasteiger partial charge < -0.3 is 14.8 Å². The Bertz CT molecular complexity index is 698. The van der Waals surface area contributed by atoms with Crippen LogP contribution in [0.4, 0.5) is 4.39 Å². The van der Waals surface area contributed by atoms with Gasteiger partial charge in [0.25, 0.3) is 5.91 Å². The van der Waals surface area contributed by atoms with Crippen LogP contribution >= 0.6 is 0 Å². The molecule has 0 saturated carbocycles. The van der Waals surface area contributed by atoms with Crippen molar-refractivity contribution in [2.75, 3.05) is 13.2 Å². The Balaban J connectivity index is 1.81. The van der Waals surface area contributed by atoms with Crippen molar-refractivity contribution in [1.82, 2.24) is 5.32 Å². The minimum Gasteiger partial charge on any atom is -0.492 e. The maximum atomic E-state index is 13.6. The van der Waals surface area contributed by atoms with Crippen molar-refractivity contribution in [3.8, 4) is 11.5 Å². The van der Waals surface area contributed by atoms with Gasteiger partial charge in [0.2, 0.25) is 0 Å². The maximum Gasteiger partial charge on any atom is 0.261 e. The molecule has 5 heteroatoms. The van der Waals surface area contributed by atoms with Gasteiger partial charge in [-0.2, -0.15) is 0 Å². The number of rotatable bonds is 8. The second-order valence-electron chi connectivity index (χ2n) is 5.91. The smallest absolute Gasteiger partial charge is 0.261 e. The molecule has 0 aliphatic carbocycles. The van der Waals surface area contributed by atoms with Crippen molar-refractivity contribution in [3.05, 3.63) is 59.4 Å². The van der Waals surface area contributed by atoms with E-state index in [9.17, 15) is 9.18 Å². The molecule has 134 valence electrons. The maximum absolute atomic E-state index is 13.6. The third-order valence-electron chi connectivity index (χ3n) is 3.63. The monoisotopic (exact) mass is 345 g/mol. The van der Waals surface area contributed by atoms with Crippen LogP contribution in [0.3, 0.4) is 0 Å². The molecule has 2 aromatic rings. The normalized spacial score (nSPS) is 11.7. The van der Waals surface area contributed by atoms with Crippen LogP contribution in [-0.4, -0.2) is 25.2 Å². The Morgan fingerprint density at radius 1 is 1.16 bits per heavy atom. The molecule has 0 spiro atoms. The minimum absolute atomic E-state index is 0.0796. The molecule has 25 heavy (non-hydrogen) atoms. The lowest BCUT2D eigenvalue weighted by Crippen LogP contribution is -2.39. The molecule has 2 rings (SSSR count). The van der Waals surface area contributed by atoms with E-state index in [2.05, 4.69) is 11.4 Å². The molecular weight excluding hydrogens is 321 g/mol. The van der Waals surface area contributed by atoms with Crippen LogP contribution in [0.25, 0.3) is 0 Å². The zero-order chi connectivity index (χ0) is 18.2. The van der Waals surface area contributed by atoms with Gasteiger partial charge in [-0.3, -0.25) is 4.79 Å². The SMILES string of the molecule is CC[C@H](Oc1ccccc1F)C(=O)NCCOc1cc(C)cc(C)c1. The summed E-state index contributed by atoms with van der Waals surface area (Å²) in [7, 11) is 0. The van der Waals surface area contributed by atoms with E-state index in [-0.39, 0.29) is 11.7 Å². The number of hydrogen-bond donors (Lipinski definition) is 1. The molecule has 0 heterocycles. The molecule has 0 radical (unpaired) electrons. The van der Waals surface area contributed by atoms with Crippen LogP contribution in [-0.2, 0) is 4.79 Å². The number of halogens is 1. The summed E-state index contributed by atoms with van der Waals surface area (Å²) in [5.41, 5.74) is 2.26. The first-order valence-electron chi connectivity index (χ1n) is 8.39. The lowest BCUT2D eigenvalue weighted by Gasteiger charge is -2.17. The first kappa shape index (κ1) is 18.8. The van der Waals surface area contributed by atoms with Gasteiger partial charge in [0.15, 0.2) is 17.7 Å². The topological polar surface area (TPSA) is 47.6 Å². The van der Waals surface area contributed by atoms with E-state index < -0.39 is 11.9 Å². The van der Waals surface area contributed by atoms with Crippen LogP contribution in [0.2, 0.25) is 0 Å². The fraction of sp³-hybridized carbons (Fsp3) is 0.350. The molecule has 0 unspecified atom stereocenters. The third-order valence-corrected chi connectivity index (χ3v) is 3.63. The molecule has 2 aromatic carbocycles. The van der Waals surface area contributed by atoms with Crippen LogP contribution in [0.15, 0.2) is 42.5 Å². The summed E-state index contributed by atoms with van der Waals surface area (Å²) < 4.78 is 24.8. The van der Waals surface area contributed by atoms with E-state index in [1.54, 1.807) is 12.1 Å². The molecular formula is C20H24FNO3. The number of ether oxygens (including phenoxy) is 2. The second-order valence-corrected chi connectivity index (χ2v) is 5.91. The predicted octanol–water partition coefficient (Wildman–Crippen LogP) is 3.80. The Morgan fingerprint density at radius 3 is 2.48 bits per heavy atom. The number of carbonyl (C=O) groups excluding carboxylic acids is 1. The van der Waals surface area contributed by atoms with Gasteiger partial charge in [-0.1, -0.05) is 25.1 Å². The van der Waals surface area contributed by atoms with Crippen LogP contribution in [0.5, 0.6) is 11.5 Å². The molecule has 1 atom stereocenters. The highest BCUT2D eigenvalue weighted by Crippen LogP contribution is 2.18.